The zero-order valence-corrected chi connectivity index (χ0v) is 16.1. The summed E-state index contributed by atoms with van der Waals surface area (Å²) in [7, 11) is 1.64. The molecule has 3 N–H and O–H groups in total. The van der Waals surface area contributed by atoms with Crippen molar-refractivity contribution in [3.8, 4) is 11.5 Å². The number of methoxy groups -OCH3 is 1. The zero-order chi connectivity index (χ0) is 14.8. The largest absolute Gasteiger partial charge is 0.493 e. The second kappa shape index (κ2) is 14.4. The van der Waals surface area contributed by atoms with Crippen molar-refractivity contribution in [1.29, 1.82) is 0 Å². The lowest BCUT2D eigenvalue weighted by Gasteiger charge is -2.15. The Kier molecular flexibility index (Phi) is 15.7. The van der Waals surface area contributed by atoms with Crippen LogP contribution in [0.2, 0.25) is 0 Å². The van der Waals surface area contributed by atoms with Gasteiger partial charge >= 0.3 is 0 Å². The van der Waals surface area contributed by atoms with Crippen molar-refractivity contribution in [2.45, 2.75) is 13.5 Å². The highest BCUT2D eigenvalue weighted by molar-refractivity contribution is 9.10. The molecule has 0 heterocycles. The third-order valence-electron chi connectivity index (χ3n) is 2.69. The molecule has 0 spiro atoms. The van der Waals surface area contributed by atoms with Crippen LogP contribution in [0.15, 0.2) is 16.6 Å². The number of benzene rings is 1. The van der Waals surface area contributed by atoms with Gasteiger partial charge in [-0.3, -0.25) is 0 Å². The van der Waals surface area contributed by atoms with E-state index in [2.05, 4.69) is 26.6 Å². The molecule has 0 aliphatic carbocycles. The Hall–Kier alpha value is -0.240. The highest BCUT2D eigenvalue weighted by Crippen LogP contribution is 2.34. The summed E-state index contributed by atoms with van der Waals surface area (Å²) in [4.78, 5) is 0. The fourth-order valence-corrected chi connectivity index (χ4v) is 2.30. The first kappa shape index (κ1) is 24.0. The number of aliphatic hydroxyl groups is 1. The molecule has 22 heavy (non-hydrogen) atoms. The summed E-state index contributed by atoms with van der Waals surface area (Å²) in [5, 5.41) is 15.1. The molecule has 0 aliphatic heterocycles. The van der Waals surface area contributed by atoms with E-state index in [0.717, 1.165) is 34.6 Å². The molecule has 1 rings (SSSR count). The van der Waals surface area contributed by atoms with Gasteiger partial charge in [0.1, 0.15) is 0 Å². The van der Waals surface area contributed by atoms with Crippen molar-refractivity contribution in [2.75, 3.05) is 40.0 Å². The van der Waals surface area contributed by atoms with Gasteiger partial charge in [0.2, 0.25) is 0 Å². The van der Waals surface area contributed by atoms with Gasteiger partial charge in [-0.05, 0) is 19.1 Å². The van der Waals surface area contributed by atoms with Gasteiger partial charge in [-0.1, -0.05) is 15.9 Å². The molecule has 0 fully saturated rings. The van der Waals surface area contributed by atoms with E-state index in [0.29, 0.717) is 19.7 Å². The Balaban J connectivity index is 0. The Morgan fingerprint density at radius 3 is 2.41 bits per heavy atom. The molecule has 0 saturated carbocycles. The smallest absolute Gasteiger partial charge is 0.165 e. The van der Waals surface area contributed by atoms with Gasteiger partial charge in [0.15, 0.2) is 11.5 Å². The van der Waals surface area contributed by atoms with Crippen LogP contribution >= 0.6 is 40.7 Å². The summed E-state index contributed by atoms with van der Waals surface area (Å²) in [6.07, 6.45) is 0. The van der Waals surface area contributed by atoms with Crippen molar-refractivity contribution < 1.29 is 14.6 Å². The van der Waals surface area contributed by atoms with Gasteiger partial charge in [0, 0.05) is 36.2 Å². The van der Waals surface area contributed by atoms with Crippen LogP contribution in [0, 0.1) is 0 Å². The third kappa shape index (κ3) is 8.41. The third-order valence-corrected chi connectivity index (χ3v) is 3.15. The van der Waals surface area contributed by atoms with Gasteiger partial charge in [-0.25, -0.2) is 0 Å². The van der Waals surface area contributed by atoms with E-state index in [1.165, 1.54) is 0 Å². The maximum Gasteiger partial charge on any atom is 0.165 e. The van der Waals surface area contributed by atoms with Crippen LogP contribution in [0.3, 0.4) is 0 Å². The molecule has 0 saturated heterocycles. The van der Waals surface area contributed by atoms with Crippen molar-refractivity contribution in [3.63, 3.8) is 0 Å². The SMILES string of the molecule is CCOc1c(CNCCNCCO)cc(Br)cc1OC.Cl.Cl. The van der Waals surface area contributed by atoms with E-state index in [4.69, 9.17) is 14.6 Å². The summed E-state index contributed by atoms with van der Waals surface area (Å²) in [5.41, 5.74) is 1.06. The van der Waals surface area contributed by atoms with E-state index >= 15 is 0 Å². The molecule has 1 aromatic carbocycles. The number of hydrogen-bond donors (Lipinski definition) is 3. The van der Waals surface area contributed by atoms with Crippen LogP contribution in [0.5, 0.6) is 11.5 Å². The number of aliphatic hydroxyl groups excluding tert-OH is 1. The zero-order valence-electron chi connectivity index (χ0n) is 12.9. The average Bonchev–Trinajstić information content (AvgIpc) is 2.45. The Morgan fingerprint density at radius 1 is 1.14 bits per heavy atom. The van der Waals surface area contributed by atoms with Crippen LogP contribution in [0.4, 0.5) is 0 Å². The fourth-order valence-electron chi connectivity index (χ4n) is 1.82. The first-order valence-electron chi connectivity index (χ1n) is 6.74. The van der Waals surface area contributed by atoms with Crippen molar-refractivity contribution in [3.05, 3.63) is 22.2 Å². The molecule has 0 atom stereocenters. The number of nitrogens with one attached hydrogen (secondary N) is 2. The minimum Gasteiger partial charge on any atom is -0.493 e. The quantitative estimate of drug-likeness (QED) is 0.508. The summed E-state index contributed by atoms with van der Waals surface area (Å²) in [5.74, 6) is 1.52. The number of ether oxygens (including phenoxy) is 2. The Morgan fingerprint density at radius 2 is 1.82 bits per heavy atom. The Bertz CT molecular complexity index is 412. The summed E-state index contributed by atoms with van der Waals surface area (Å²) in [6, 6.07) is 3.93. The molecule has 8 heteroatoms. The molecule has 0 aliphatic rings. The summed E-state index contributed by atoms with van der Waals surface area (Å²) in [6.45, 7) is 5.68. The standard InChI is InChI=1S/C14H23BrN2O3.2ClH/c1-3-20-14-11(8-12(15)9-13(14)19-2)10-17-5-4-16-6-7-18;;/h8-9,16-18H,3-7,10H2,1-2H3;2*1H. The molecule has 0 bridgehead atoms. The maximum absolute atomic E-state index is 8.67. The molecule has 0 radical (unpaired) electrons. The second-order valence-corrected chi connectivity index (χ2v) is 5.10. The minimum atomic E-state index is 0. The van der Waals surface area contributed by atoms with Gasteiger partial charge in [0.25, 0.3) is 0 Å². The maximum atomic E-state index is 8.67. The highest BCUT2D eigenvalue weighted by atomic mass is 79.9. The lowest BCUT2D eigenvalue weighted by molar-refractivity contribution is 0.292. The monoisotopic (exact) mass is 418 g/mol. The summed E-state index contributed by atoms with van der Waals surface area (Å²) < 4.78 is 12.0. The van der Waals surface area contributed by atoms with Crippen molar-refractivity contribution in [1.82, 2.24) is 10.6 Å². The van der Waals surface area contributed by atoms with E-state index < -0.39 is 0 Å². The van der Waals surface area contributed by atoms with Crippen molar-refractivity contribution >= 4 is 40.7 Å². The van der Waals surface area contributed by atoms with E-state index in [1.54, 1.807) is 7.11 Å². The molecule has 0 unspecified atom stereocenters. The first-order valence-corrected chi connectivity index (χ1v) is 7.53. The first-order chi connectivity index (χ1) is 9.72. The minimum absolute atomic E-state index is 0. The van der Waals surface area contributed by atoms with Crippen LogP contribution in [0.25, 0.3) is 0 Å². The molecule has 0 aromatic heterocycles. The summed E-state index contributed by atoms with van der Waals surface area (Å²) >= 11 is 3.48. The lowest BCUT2D eigenvalue weighted by atomic mass is 10.2. The lowest BCUT2D eigenvalue weighted by Crippen LogP contribution is -2.28. The van der Waals surface area contributed by atoms with Gasteiger partial charge in [-0.2, -0.15) is 0 Å². The topological polar surface area (TPSA) is 62.8 Å². The van der Waals surface area contributed by atoms with E-state index in [-0.39, 0.29) is 31.4 Å². The molecule has 130 valence electrons. The van der Waals surface area contributed by atoms with Crippen LogP contribution < -0.4 is 20.1 Å². The second-order valence-electron chi connectivity index (χ2n) is 4.18. The van der Waals surface area contributed by atoms with Crippen LogP contribution in [-0.4, -0.2) is 45.1 Å². The highest BCUT2D eigenvalue weighted by Gasteiger charge is 2.11. The predicted molar refractivity (Wildman–Crippen MR) is 98.0 cm³/mol. The Labute approximate surface area is 153 Å². The van der Waals surface area contributed by atoms with Crippen LogP contribution in [0.1, 0.15) is 12.5 Å². The molecule has 1 aromatic rings. The van der Waals surface area contributed by atoms with Gasteiger partial charge in [-0.15, -0.1) is 24.8 Å². The normalized spacial score (nSPS) is 9.64. The molecule has 0 amide bonds. The van der Waals surface area contributed by atoms with Crippen molar-refractivity contribution in [2.24, 2.45) is 0 Å². The van der Waals surface area contributed by atoms with Gasteiger partial charge < -0.3 is 25.2 Å². The number of halogens is 3. The number of hydrogen-bond acceptors (Lipinski definition) is 5. The van der Waals surface area contributed by atoms with E-state index in [9.17, 15) is 0 Å². The van der Waals surface area contributed by atoms with Gasteiger partial charge in [0.05, 0.1) is 20.3 Å². The van der Waals surface area contributed by atoms with E-state index in [1.807, 2.05) is 19.1 Å². The van der Waals surface area contributed by atoms with Crippen LogP contribution in [-0.2, 0) is 6.54 Å². The molecular formula is C14H25BrCl2N2O3. The fraction of sp³-hybridized carbons (Fsp3) is 0.571. The number of rotatable bonds is 10. The predicted octanol–water partition coefficient (Wildman–Crippen LogP) is 2.37. The molecule has 5 nitrogen and oxygen atoms in total. The average molecular weight is 420 g/mol. The molecular weight excluding hydrogens is 395 g/mol.